The van der Waals surface area contributed by atoms with Crippen LogP contribution in [0.2, 0.25) is 5.02 Å². The van der Waals surface area contributed by atoms with Crippen molar-refractivity contribution in [2.75, 3.05) is 26.7 Å². The van der Waals surface area contributed by atoms with Crippen LogP contribution in [0.4, 0.5) is 0 Å². The average Bonchev–Trinajstić information content (AvgIpc) is 3.05. The third kappa shape index (κ3) is 4.09. The van der Waals surface area contributed by atoms with Gasteiger partial charge in [0.1, 0.15) is 16.3 Å². The molecular formula is C15H20Cl2N4O3S. The Morgan fingerprint density at radius 2 is 2.16 bits per heavy atom. The summed E-state index contributed by atoms with van der Waals surface area (Å²) < 4.78 is 33.8. The summed E-state index contributed by atoms with van der Waals surface area (Å²) in [6.45, 7) is 3.48. The molecule has 1 atom stereocenters. The molecule has 138 valence electrons. The molecule has 25 heavy (non-hydrogen) atoms. The van der Waals surface area contributed by atoms with Gasteiger partial charge < -0.3 is 10.1 Å². The number of rotatable bonds is 4. The van der Waals surface area contributed by atoms with Crippen molar-refractivity contribution in [1.29, 1.82) is 0 Å². The number of nitrogens with zero attached hydrogens (tertiary/aromatic N) is 3. The zero-order valence-electron chi connectivity index (χ0n) is 13.8. The van der Waals surface area contributed by atoms with Crippen LogP contribution >= 0.6 is 24.0 Å². The highest BCUT2D eigenvalue weighted by molar-refractivity contribution is 7.89. The van der Waals surface area contributed by atoms with Crippen LogP contribution < -0.4 is 10.1 Å². The molecule has 2 aromatic rings. The molecule has 0 bridgehead atoms. The third-order valence-electron chi connectivity index (χ3n) is 3.92. The van der Waals surface area contributed by atoms with Crippen molar-refractivity contribution in [3.8, 4) is 11.4 Å². The summed E-state index contributed by atoms with van der Waals surface area (Å²) in [6.07, 6.45) is 2.83. The lowest BCUT2D eigenvalue weighted by Gasteiger charge is -2.30. The van der Waals surface area contributed by atoms with Crippen molar-refractivity contribution in [1.82, 2.24) is 19.4 Å². The van der Waals surface area contributed by atoms with Gasteiger partial charge in [0, 0.05) is 30.7 Å². The van der Waals surface area contributed by atoms with Gasteiger partial charge in [-0.3, -0.25) is 0 Å². The number of halogens is 2. The minimum atomic E-state index is -3.58. The number of aromatic nitrogens is 2. The van der Waals surface area contributed by atoms with Crippen molar-refractivity contribution < 1.29 is 13.2 Å². The normalized spacial score (nSPS) is 18.6. The number of nitrogens with one attached hydrogen (secondary N) is 1. The second kappa shape index (κ2) is 7.92. The Bertz CT molecular complexity index is 841. The van der Waals surface area contributed by atoms with E-state index in [0.717, 1.165) is 0 Å². The molecule has 0 amide bonds. The van der Waals surface area contributed by atoms with E-state index in [0.29, 0.717) is 36.1 Å². The monoisotopic (exact) mass is 406 g/mol. The van der Waals surface area contributed by atoms with Crippen LogP contribution in [0.25, 0.3) is 5.69 Å². The topological polar surface area (TPSA) is 76.5 Å². The number of hydrogen-bond acceptors (Lipinski definition) is 5. The van der Waals surface area contributed by atoms with E-state index in [1.54, 1.807) is 18.2 Å². The molecule has 0 spiro atoms. The number of benzene rings is 1. The summed E-state index contributed by atoms with van der Waals surface area (Å²) >= 11 is 6.03. The van der Waals surface area contributed by atoms with Crippen LogP contribution in [0.1, 0.15) is 6.92 Å². The maximum absolute atomic E-state index is 12.8. The summed E-state index contributed by atoms with van der Waals surface area (Å²) in [6, 6.07) is 5.21. The van der Waals surface area contributed by atoms with E-state index < -0.39 is 10.0 Å². The maximum Gasteiger partial charge on any atom is 0.246 e. The van der Waals surface area contributed by atoms with Crippen LogP contribution in [-0.2, 0) is 10.0 Å². The quantitative estimate of drug-likeness (QED) is 0.839. The highest BCUT2D eigenvalue weighted by Crippen LogP contribution is 2.27. The predicted octanol–water partition coefficient (Wildman–Crippen LogP) is 1.94. The fourth-order valence-corrected chi connectivity index (χ4v) is 4.31. The smallest absolute Gasteiger partial charge is 0.246 e. The number of ether oxygens (including phenoxy) is 1. The lowest BCUT2D eigenvalue weighted by atomic mass is 10.3. The third-order valence-corrected chi connectivity index (χ3v) is 5.97. The van der Waals surface area contributed by atoms with Crippen LogP contribution in [0.3, 0.4) is 0 Å². The van der Waals surface area contributed by atoms with Gasteiger partial charge in [0.15, 0.2) is 0 Å². The van der Waals surface area contributed by atoms with Crippen molar-refractivity contribution in [2.24, 2.45) is 0 Å². The summed E-state index contributed by atoms with van der Waals surface area (Å²) in [7, 11) is -2.04. The van der Waals surface area contributed by atoms with Crippen molar-refractivity contribution >= 4 is 34.0 Å². The number of methoxy groups -OCH3 is 1. The molecule has 2 heterocycles. The van der Waals surface area contributed by atoms with Gasteiger partial charge in [0.05, 0.1) is 19.5 Å². The first-order valence-electron chi connectivity index (χ1n) is 7.54. The van der Waals surface area contributed by atoms with Gasteiger partial charge in [-0.2, -0.15) is 9.40 Å². The van der Waals surface area contributed by atoms with Gasteiger partial charge in [0.25, 0.3) is 0 Å². The highest BCUT2D eigenvalue weighted by Gasteiger charge is 2.29. The first kappa shape index (κ1) is 20.0. The van der Waals surface area contributed by atoms with Gasteiger partial charge in [-0.1, -0.05) is 11.6 Å². The maximum atomic E-state index is 12.8. The highest BCUT2D eigenvalue weighted by atomic mass is 35.5. The minimum Gasteiger partial charge on any atom is -0.494 e. The summed E-state index contributed by atoms with van der Waals surface area (Å²) in [5.74, 6) is 0.558. The Balaban J connectivity index is 0.00000225. The Morgan fingerprint density at radius 1 is 1.40 bits per heavy atom. The second-order valence-electron chi connectivity index (χ2n) is 5.66. The molecule has 1 aromatic carbocycles. The van der Waals surface area contributed by atoms with Crippen LogP contribution in [0.15, 0.2) is 35.5 Å². The van der Waals surface area contributed by atoms with E-state index in [4.69, 9.17) is 16.3 Å². The van der Waals surface area contributed by atoms with Crippen LogP contribution in [-0.4, -0.2) is 55.3 Å². The summed E-state index contributed by atoms with van der Waals surface area (Å²) in [5.41, 5.74) is 0.583. The fraction of sp³-hybridized carbons (Fsp3) is 0.400. The van der Waals surface area contributed by atoms with Crippen molar-refractivity contribution in [3.05, 3.63) is 35.6 Å². The first-order chi connectivity index (χ1) is 11.4. The molecule has 0 saturated carbocycles. The Hall–Kier alpha value is -1.32. The Kier molecular flexibility index (Phi) is 6.34. The second-order valence-corrected chi connectivity index (χ2v) is 8.03. The molecule has 0 radical (unpaired) electrons. The average molecular weight is 407 g/mol. The van der Waals surface area contributed by atoms with Crippen molar-refractivity contribution in [3.63, 3.8) is 0 Å². The number of sulfonamides is 1. The minimum absolute atomic E-state index is 0. The molecular weight excluding hydrogens is 387 g/mol. The largest absolute Gasteiger partial charge is 0.494 e. The van der Waals surface area contributed by atoms with E-state index in [1.807, 2.05) is 6.92 Å². The fourth-order valence-electron chi connectivity index (χ4n) is 2.68. The van der Waals surface area contributed by atoms with Gasteiger partial charge in [-0.25, -0.2) is 13.1 Å². The van der Waals surface area contributed by atoms with Gasteiger partial charge in [0.2, 0.25) is 10.0 Å². The zero-order valence-corrected chi connectivity index (χ0v) is 16.2. The van der Waals surface area contributed by atoms with E-state index in [-0.39, 0.29) is 23.3 Å². The lowest BCUT2D eigenvalue weighted by molar-refractivity contribution is 0.310. The standard InChI is InChI=1S/C15H19ClN4O3S.ClH/c1-11-9-19(6-5-17-11)24(21,22)13-8-18-20(10-13)14-7-12(16)3-4-15(14)23-2;/h3-4,7-8,10-11,17H,5-6,9H2,1-2H3;1H. The van der Waals surface area contributed by atoms with Crippen LogP contribution in [0.5, 0.6) is 5.75 Å². The van der Waals surface area contributed by atoms with E-state index in [2.05, 4.69) is 10.4 Å². The number of piperazine rings is 1. The van der Waals surface area contributed by atoms with E-state index in [1.165, 1.54) is 28.5 Å². The SMILES string of the molecule is COc1ccc(Cl)cc1-n1cc(S(=O)(=O)N2CCNC(C)C2)cn1.Cl. The molecule has 3 rings (SSSR count). The molecule has 7 nitrogen and oxygen atoms in total. The Labute approximate surface area is 158 Å². The molecule has 1 fully saturated rings. The molecule has 10 heteroatoms. The van der Waals surface area contributed by atoms with Gasteiger partial charge in [-0.05, 0) is 25.1 Å². The summed E-state index contributed by atoms with van der Waals surface area (Å²) in [4.78, 5) is 0.152. The van der Waals surface area contributed by atoms with E-state index in [9.17, 15) is 8.42 Å². The van der Waals surface area contributed by atoms with Crippen LogP contribution in [0, 0.1) is 0 Å². The number of hydrogen-bond donors (Lipinski definition) is 1. The van der Waals surface area contributed by atoms with Gasteiger partial charge in [-0.15, -0.1) is 12.4 Å². The molecule has 1 aliphatic heterocycles. The molecule has 1 saturated heterocycles. The first-order valence-corrected chi connectivity index (χ1v) is 9.36. The Morgan fingerprint density at radius 3 is 2.84 bits per heavy atom. The van der Waals surface area contributed by atoms with Gasteiger partial charge >= 0.3 is 0 Å². The van der Waals surface area contributed by atoms with E-state index >= 15 is 0 Å². The molecule has 1 aliphatic rings. The molecule has 1 unspecified atom stereocenters. The molecule has 1 aromatic heterocycles. The van der Waals surface area contributed by atoms with Crippen molar-refractivity contribution in [2.45, 2.75) is 17.9 Å². The molecule has 0 aliphatic carbocycles. The molecule has 1 N–H and O–H groups in total. The lowest BCUT2D eigenvalue weighted by Crippen LogP contribution is -2.51. The summed E-state index contributed by atoms with van der Waals surface area (Å²) in [5, 5.41) is 7.92. The predicted molar refractivity (Wildman–Crippen MR) is 98.6 cm³/mol. The zero-order chi connectivity index (χ0) is 17.3.